The summed E-state index contributed by atoms with van der Waals surface area (Å²) in [5, 5.41) is 11.5. The number of carbonyl (C=O) groups is 2. The van der Waals surface area contributed by atoms with E-state index in [-0.39, 0.29) is 24.3 Å². The summed E-state index contributed by atoms with van der Waals surface area (Å²) in [5.41, 5.74) is 0.887. The SMILES string of the molecule is Cc1nc2cccc(OCCN3CCN(c4ccc(C#N)cc4F)CC3)c2c(=O)n1C1CCC(=O)NC1=O. The van der Waals surface area contributed by atoms with Crippen LogP contribution in [0.2, 0.25) is 0 Å². The number of anilines is 1. The monoisotopic (exact) mass is 518 g/mol. The molecule has 3 heterocycles. The molecule has 2 aromatic carbocycles. The molecule has 2 saturated heterocycles. The van der Waals surface area contributed by atoms with Gasteiger partial charge in [-0.15, -0.1) is 0 Å². The van der Waals surface area contributed by atoms with Gasteiger partial charge in [-0.1, -0.05) is 6.07 Å². The number of rotatable bonds is 6. The highest BCUT2D eigenvalue weighted by Crippen LogP contribution is 2.25. The molecule has 0 spiro atoms. The quantitative estimate of drug-likeness (QED) is 0.492. The highest BCUT2D eigenvalue weighted by Gasteiger charge is 2.31. The second-order valence-corrected chi connectivity index (χ2v) is 9.41. The number of nitrogens with zero attached hydrogens (tertiary/aromatic N) is 5. The van der Waals surface area contributed by atoms with Gasteiger partial charge in [0.15, 0.2) is 0 Å². The van der Waals surface area contributed by atoms with Crippen LogP contribution in [0.5, 0.6) is 5.75 Å². The van der Waals surface area contributed by atoms with E-state index < -0.39 is 17.8 Å². The van der Waals surface area contributed by atoms with Crippen LogP contribution in [0.25, 0.3) is 10.9 Å². The van der Waals surface area contributed by atoms with Gasteiger partial charge >= 0.3 is 0 Å². The maximum absolute atomic E-state index is 14.4. The summed E-state index contributed by atoms with van der Waals surface area (Å²) in [6.07, 6.45) is 0.392. The van der Waals surface area contributed by atoms with E-state index in [1.165, 1.54) is 10.6 Å². The standard InChI is InChI=1S/C27H27FN6O4/c1-17-30-20-3-2-4-23(25(20)27(37)34(17)22-7-8-24(35)31-26(22)36)38-14-13-32-9-11-33(12-10-32)21-6-5-18(16-29)15-19(21)28/h2-6,15,22H,7-14H2,1H3,(H,31,35,36). The molecule has 38 heavy (non-hydrogen) atoms. The van der Waals surface area contributed by atoms with Crippen molar-refractivity contribution in [1.82, 2.24) is 19.8 Å². The molecule has 10 nitrogen and oxygen atoms in total. The van der Waals surface area contributed by atoms with Crippen molar-refractivity contribution in [3.63, 3.8) is 0 Å². The predicted molar refractivity (Wildman–Crippen MR) is 137 cm³/mol. The number of hydrogen-bond donors (Lipinski definition) is 1. The van der Waals surface area contributed by atoms with E-state index in [0.717, 1.165) is 0 Å². The Hall–Kier alpha value is -4.30. The van der Waals surface area contributed by atoms with Crippen molar-refractivity contribution in [2.45, 2.75) is 25.8 Å². The first-order chi connectivity index (χ1) is 18.4. The number of nitrogens with one attached hydrogen (secondary N) is 1. The van der Waals surface area contributed by atoms with Gasteiger partial charge in [0.1, 0.15) is 35.4 Å². The van der Waals surface area contributed by atoms with Gasteiger partial charge in [0.05, 0.1) is 22.8 Å². The summed E-state index contributed by atoms with van der Waals surface area (Å²) in [7, 11) is 0. The Bertz CT molecular complexity index is 1510. The van der Waals surface area contributed by atoms with E-state index >= 15 is 0 Å². The van der Waals surface area contributed by atoms with E-state index in [2.05, 4.69) is 15.2 Å². The van der Waals surface area contributed by atoms with Crippen LogP contribution < -0.4 is 20.5 Å². The summed E-state index contributed by atoms with van der Waals surface area (Å²) >= 11 is 0. The number of benzene rings is 2. The number of aromatic nitrogens is 2. The van der Waals surface area contributed by atoms with E-state index in [4.69, 9.17) is 10.00 Å². The van der Waals surface area contributed by atoms with Gasteiger partial charge < -0.3 is 9.64 Å². The van der Waals surface area contributed by atoms with Crippen LogP contribution >= 0.6 is 0 Å². The lowest BCUT2D eigenvalue weighted by molar-refractivity contribution is -0.135. The Balaban J connectivity index is 1.25. The minimum absolute atomic E-state index is 0.156. The van der Waals surface area contributed by atoms with Crippen LogP contribution in [-0.4, -0.2) is 65.6 Å². The maximum atomic E-state index is 14.4. The number of imide groups is 1. The number of nitriles is 1. The highest BCUT2D eigenvalue weighted by atomic mass is 19.1. The minimum atomic E-state index is -0.803. The number of fused-ring (bicyclic) bond motifs is 1. The van der Waals surface area contributed by atoms with Crippen molar-refractivity contribution >= 4 is 28.4 Å². The summed E-state index contributed by atoms with van der Waals surface area (Å²) in [6.45, 7) is 5.30. The van der Waals surface area contributed by atoms with Gasteiger partial charge in [-0.25, -0.2) is 9.37 Å². The Kier molecular flexibility index (Phi) is 7.07. The number of piperazine rings is 1. The molecule has 3 aromatic rings. The van der Waals surface area contributed by atoms with Gasteiger partial charge in [0, 0.05) is 39.1 Å². The molecule has 0 bridgehead atoms. The predicted octanol–water partition coefficient (Wildman–Crippen LogP) is 1.89. The van der Waals surface area contributed by atoms with Gasteiger partial charge in [-0.05, 0) is 43.7 Å². The van der Waals surface area contributed by atoms with Gasteiger partial charge in [-0.2, -0.15) is 5.26 Å². The van der Waals surface area contributed by atoms with Gasteiger partial charge in [-0.3, -0.25) is 29.2 Å². The molecule has 2 aliphatic rings. The van der Waals surface area contributed by atoms with Crippen molar-refractivity contribution in [3.8, 4) is 11.8 Å². The van der Waals surface area contributed by atoms with Crippen LogP contribution in [0.15, 0.2) is 41.2 Å². The van der Waals surface area contributed by atoms with E-state index in [9.17, 15) is 18.8 Å². The molecule has 2 aliphatic heterocycles. The Labute approximate surface area is 218 Å². The minimum Gasteiger partial charge on any atom is -0.491 e. The number of piperidine rings is 1. The van der Waals surface area contributed by atoms with Crippen LogP contribution in [-0.2, 0) is 9.59 Å². The van der Waals surface area contributed by atoms with Crippen molar-refractivity contribution < 1.29 is 18.7 Å². The summed E-state index contributed by atoms with van der Waals surface area (Å²) < 4.78 is 21.8. The topological polar surface area (TPSA) is 121 Å². The Morgan fingerprint density at radius 3 is 2.66 bits per heavy atom. The maximum Gasteiger partial charge on any atom is 0.265 e. The van der Waals surface area contributed by atoms with Crippen molar-refractivity contribution in [1.29, 1.82) is 5.26 Å². The molecule has 5 rings (SSSR count). The molecule has 1 unspecified atom stereocenters. The van der Waals surface area contributed by atoms with E-state index in [0.29, 0.717) is 73.1 Å². The van der Waals surface area contributed by atoms with Crippen LogP contribution in [0, 0.1) is 24.1 Å². The highest BCUT2D eigenvalue weighted by molar-refractivity contribution is 5.99. The summed E-state index contributed by atoms with van der Waals surface area (Å²) in [6, 6.07) is 10.9. The molecular formula is C27H27FN6O4. The normalized spacial score (nSPS) is 18.3. The molecule has 196 valence electrons. The second-order valence-electron chi connectivity index (χ2n) is 9.41. The fourth-order valence-corrected chi connectivity index (χ4v) is 5.07. The van der Waals surface area contributed by atoms with E-state index in [1.807, 2.05) is 11.0 Å². The summed E-state index contributed by atoms with van der Waals surface area (Å²) in [4.78, 5) is 46.2. The first kappa shape index (κ1) is 25.4. The van der Waals surface area contributed by atoms with Crippen LogP contribution in [0.4, 0.5) is 10.1 Å². The number of aryl methyl sites for hydroxylation is 1. The zero-order chi connectivity index (χ0) is 26.8. The second kappa shape index (κ2) is 10.6. The zero-order valence-corrected chi connectivity index (χ0v) is 20.9. The average Bonchev–Trinajstić information content (AvgIpc) is 2.90. The summed E-state index contributed by atoms with van der Waals surface area (Å²) in [5.74, 6) is -0.475. The molecule has 2 amide bonds. The van der Waals surface area contributed by atoms with Crippen LogP contribution in [0.1, 0.15) is 30.3 Å². The molecule has 1 N–H and O–H groups in total. The molecule has 0 radical (unpaired) electrons. The van der Waals surface area contributed by atoms with Gasteiger partial charge in [0.2, 0.25) is 11.8 Å². The lowest BCUT2D eigenvalue weighted by Gasteiger charge is -2.36. The van der Waals surface area contributed by atoms with Crippen molar-refractivity contribution in [2.75, 3.05) is 44.2 Å². The van der Waals surface area contributed by atoms with Crippen LogP contribution in [0.3, 0.4) is 0 Å². The molecule has 11 heteroatoms. The third-order valence-corrected chi connectivity index (χ3v) is 7.04. The van der Waals surface area contributed by atoms with E-state index in [1.54, 1.807) is 37.3 Å². The molecule has 1 atom stereocenters. The third kappa shape index (κ3) is 4.95. The Morgan fingerprint density at radius 1 is 1.16 bits per heavy atom. The fourth-order valence-electron chi connectivity index (χ4n) is 5.07. The molecular weight excluding hydrogens is 491 g/mol. The Morgan fingerprint density at radius 2 is 1.95 bits per heavy atom. The lowest BCUT2D eigenvalue weighted by atomic mass is 10.1. The first-order valence-electron chi connectivity index (χ1n) is 12.5. The number of carbonyl (C=O) groups excluding carboxylic acids is 2. The first-order valence-corrected chi connectivity index (χ1v) is 12.5. The fraction of sp³-hybridized carbons (Fsp3) is 0.370. The number of ether oxygens (including phenoxy) is 1. The smallest absolute Gasteiger partial charge is 0.265 e. The zero-order valence-electron chi connectivity index (χ0n) is 20.9. The van der Waals surface area contributed by atoms with Gasteiger partial charge in [0.25, 0.3) is 5.56 Å². The molecule has 0 aliphatic carbocycles. The lowest BCUT2D eigenvalue weighted by Crippen LogP contribution is -2.47. The molecule has 1 aromatic heterocycles. The largest absolute Gasteiger partial charge is 0.491 e. The number of amides is 2. The average molecular weight is 519 g/mol. The number of hydrogen-bond acceptors (Lipinski definition) is 8. The van der Waals surface area contributed by atoms with Crippen molar-refractivity contribution in [3.05, 3.63) is 64.0 Å². The van der Waals surface area contributed by atoms with Crippen molar-refractivity contribution in [2.24, 2.45) is 0 Å². The number of halogens is 1. The molecule has 2 fully saturated rings. The molecule has 0 saturated carbocycles. The third-order valence-electron chi connectivity index (χ3n) is 7.04.